The number of aliphatic imine (C=N–C) groups is 1. The second kappa shape index (κ2) is 15.0. The molecule has 0 spiro atoms. The van der Waals surface area contributed by atoms with Crippen LogP contribution in [0.2, 0.25) is 0 Å². The molecule has 5 heteroatoms. The number of thiol groups is 1. The monoisotopic (exact) mass is 313 g/mol. The molecule has 4 nitrogen and oxygen atoms in total. The predicted octanol–water partition coefficient (Wildman–Crippen LogP) is 3.38. The van der Waals surface area contributed by atoms with E-state index in [2.05, 4.69) is 30.6 Å². The quantitative estimate of drug-likeness (QED) is 0.326. The molecule has 0 aromatic heterocycles. The molecule has 0 saturated carbocycles. The fraction of sp³-hybridized carbons (Fsp3) is 0.562. The normalized spacial score (nSPS) is 8.67. The molecule has 0 radical (unpaired) electrons. The lowest BCUT2D eigenvalue weighted by Crippen LogP contribution is -2.23. The van der Waals surface area contributed by atoms with Crippen LogP contribution in [0.4, 0.5) is 0 Å². The third-order valence-corrected chi connectivity index (χ3v) is 2.72. The Bertz CT molecular complexity index is 391. The van der Waals surface area contributed by atoms with Crippen LogP contribution in [-0.2, 0) is 12.2 Å². The number of ether oxygens (including phenoxy) is 1. The third-order valence-electron chi connectivity index (χ3n) is 2.38. The van der Waals surface area contributed by atoms with Crippen LogP contribution in [0.15, 0.2) is 23.2 Å². The number of hydrogen-bond acceptors (Lipinski definition) is 3. The van der Waals surface area contributed by atoms with Gasteiger partial charge in [-0.25, -0.2) is 0 Å². The van der Waals surface area contributed by atoms with Crippen molar-refractivity contribution in [3.8, 4) is 5.75 Å². The van der Waals surface area contributed by atoms with E-state index in [-0.39, 0.29) is 5.96 Å². The molecule has 0 amide bonds. The van der Waals surface area contributed by atoms with Crippen LogP contribution in [0.25, 0.3) is 0 Å². The molecule has 1 aromatic carbocycles. The molecule has 0 aliphatic heterocycles. The maximum Gasteiger partial charge on any atom is 0.186 e. The van der Waals surface area contributed by atoms with Crippen LogP contribution in [-0.4, -0.2) is 19.1 Å². The molecule has 1 rings (SSSR count). The number of rotatable bonds is 6. The smallest absolute Gasteiger partial charge is 0.186 e. The average Bonchev–Trinajstić information content (AvgIpc) is 2.55. The second-order valence-corrected chi connectivity index (χ2v) is 3.91. The maximum atomic E-state index is 5.55. The van der Waals surface area contributed by atoms with Gasteiger partial charge < -0.3 is 16.2 Å². The highest BCUT2D eigenvalue weighted by molar-refractivity contribution is 7.79. The lowest BCUT2D eigenvalue weighted by atomic mass is 10.1. The summed E-state index contributed by atoms with van der Waals surface area (Å²) in [5, 5.41) is 0. The fourth-order valence-corrected chi connectivity index (χ4v) is 1.82. The zero-order chi connectivity index (χ0) is 16.7. The van der Waals surface area contributed by atoms with Gasteiger partial charge in [-0.3, -0.25) is 4.99 Å². The van der Waals surface area contributed by atoms with Crippen molar-refractivity contribution in [3.05, 3.63) is 29.3 Å². The van der Waals surface area contributed by atoms with Gasteiger partial charge in [-0.1, -0.05) is 40.7 Å². The van der Waals surface area contributed by atoms with Gasteiger partial charge >= 0.3 is 0 Å². The van der Waals surface area contributed by atoms with Gasteiger partial charge in [-0.15, -0.1) is 0 Å². The minimum Gasteiger partial charge on any atom is -0.492 e. The Morgan fingerprint density at radius 1 is 1.14 bits per heavy atom. The summed E-state index contributed by atoms with van der Waals surface area (Å²) in [7, 11) is 0. The highest BCUT2D eigenvalue weighted by atomic mass is 32.1. The Morgan fingerprint density at radius 3 is 2.24 bits per heavy atom. The van der Waals surface area contributed by atoms with E-state index in [0.29, 0.717) is 18.9 Å². The topological polar surface area (TPSA) is 73.6 Å². The standard InChI is InChI=1S/C12H19N3OS.2C2H6/c1-2-9-3-4-11(7-10(9)8-17)16-6-5-15-12(13)14;2*1-2/h3-4,7,17H,2,5-6,8H2,1H3,(H4,13,14,15);2*1-2H3. The molecule has 0 unspecified atom stereocenters. The van der Waals surface area contributed by atoms with E-state index < -0.39 is 0 Å². The third kappa shape index (κ3) is 10.1. The lowest BCUT2D eigenvalue weighted by molar-refractivity contribution is 0.328. The first-order valence-corrected chi connectivity index (χ1v) is 8.21. The minimum atomic E-state index is 0.0889. The Morgan fingerprint density at radius 2 is 1.76 bits per heavy atom. The van der Waals surface area contributed by atoms with Crippen molar-refractivity contribution in [2.45, 2.75) is 46.8 Å². The Kier molecular flexibility index (Phi) is 15.7. The van der Waals surface area contributed by atoms with Gasteiger partial charge in [0, 0.05) is 5.75 Å². The van der Waals surface area contributed by atoms with Gasteiger partial charge in [0.15, 0.2) is 5.96 Å². The van der Waals surface area contributed by atoms with Crippen molar-refractivity contribution < 1.29 is 4.74 Å². The van der Waals surface area contributed by atoms with E-state index in [9.17, 15) is 0 Å². The van der Waals surface area contributed by atoms with E-state index in [1.54, 1.807) is 0 Å². The van der Waals surface area contributed by atoms with Crippen molar-refractivity contribution in [2.75, 3.05) is 13.2 Å². The van der Waals surface area contributed by atoms with E-state index >= 15 is 0 Å². The molecule has 0 atom stereocenters. The average molecular weight is 314 g/mol. The van der Waals surface area contributed by atoms with Crippen LogP contribution in [0.3, 0.4) is 0 Å². The lowest BCUT2D eigenvalue weighted by Gasteiger charge is -2.09. The summed E-state index contributed by atoms with van der Waals surface area (Å²) in [6, 6.07) is 6.05. The van der Waals surface area contributed by atoms with Crippen LogP contribution >= 0.6 is 12.6 Å². The van der Waals surface area contributed by atoms with E-state index in [0.717, 1.165) is 12.2 Å². The number of nitrogens with zero attached hydrogens (tertiary/aromatic N) is 1. The number of nitrogens with two attached hydrogens (primary N) is 2. The van der Waals surface area contributed by atoms with Crippen molar-refractivity contribution in [1.29, 1.82) is 0 Å². The molecule has 0 aliphatic rings. The van der Waals surface area contributed by atoms with Crippen LogP contribution in [0, 0.1) is 0 Å². The van der Waals surface area contributed by atoms with E-state index in [1.165, 1.54) is 11.1 Å². The van der Waals surface area contributed by atoms with E-state index in [4.69, 9.17) is 16.2 Å². The SMILES string of the molecule is CC.CC.CCc1ccc(OCCN=C(N)N)cc1CS. The van der Waals surface area contributed by atoms with Gasteiger partial charge in [-0.2, -0.15) is 12.6 Å². The maximum absolute atomic E-state index is 5.55. The summed E-state index contributed by atoms with van der Waals surface area (Å²) in [5.74, 6) is 1.64. The van der Waals surface area contributed by atoms with Gasteiger partial charge in [0.1, 0.15) is 12.4 Å². The number of benzene rings is 1. The predicted molar refractivity (Wildman–Crippen MR) is 97.4 cm³/mol. The summed E-state index contributed by atoms with van der Waals surface area (Å²) < 4.78 is 5.55. The molecule has 4 N–H and O–H groups in total. The first-order valence-electron chi connectivity index (χ1n) is 7.58. The largest absolute Gasteiger partial charge is 0.492 e. The fourth-order valence-electron chi connectivity index (χ4n) is 1.52. The summed E-state index contributed by atoms with van der Waals surface area (Å²) >= 11 is 4.31. The van der Waals surface area contributed by atoms with Crippen LogP contribution in [0.1, 0.15) is 45.7 Å². The number of aryl methyl sites for hydroxylation is 1. The zero-order valence-electron chi connectivity index (χ0n) is 14.0. The summed E-state index contributed by atoms with van der Waals surface area (Å²) in [5.41, 5.74) is 12.9. The molecule has 1 aromatic rings. The first-order chi connectivity index (χ1) is 10.2. The second-order valence-electron chi connectivity index (χ2n) is 3.60. The molecule has 21 heavy (non-hydrogen) atoms. The van der Waals surface area contributed by atoms with Gasteiger partial charge in [0.25, 0.3) is 0 Å². The zero-order valence-corrected chi connectivity index (χ0v) is 14.9. The van der Waals surface area contributed by atoms with E-state index in [1.807, 2.05) is 39.8 Å². The van der Waals surface area contributed by atoms with Crippen molar-refractivity contribution in [2.24, 2.45) is 16.5 Å². The Hall–Kier alpha value is -1.36. The Labute approximate surface area is 135 Å². The molecular weight excluding hydrogens is 282 g/mol. The molecular formula is C16H31N3OS. The summed E-state index contributed by atoms with van der Waals surface area (Å²) in [6.45, 7) is 11.1. The Balaban J connectivity index is 0. The summed E-state index contributed by atoms with van der Waals surface area (Å²) in [6.07, 6.45) is 1.00. The number of hydrogen-bond donors (Lipinski definition) is 3. The summed E-state index contributed by atoms with van der Waals surface area (Å²) in [4.78, 5) is 3.85. The molecule has 0 bridgehead atoms. The van der Waals surface area contributed by atoms with Crippen molar-refractivity contribution >= 4 is 18.6 Å². The highest BCUT2D eigenvalue weighted by Gasteiger charge is 2.01. The van der Waals surface area contributed by atoms with Gasteiger partial charge in [0.05, 0.1) is 6.54 Å². The molecule has 0 saturated heterocycles. The number of guanidine groups is 1. The molecule has 0 aliphatic carbocycles. The molecule has 122 valence electrons. The molecule has 0 heterocycles. The van der Waals surface area contributed by atoms with Gasteiger partial charge in [0.2, 0.25) is 0 Å². The first kappa shape index (κ1) is 21.9. The highest BCUT2D eigenvalue weighted by Crippen LogP contribution is 2.20. The van der Waals surface area contributed by atoms with Gasteiger partial charge in [-0.05, 0) is 29.7 Å². The van der Waals surface area contributed by atoms with Crippen molar-refractivity contribution in [1.82, 2.24) is 0 Å². The minimum absolute atomic E-state index is 0.0889. The molecule has 0 fully saturated rings. The van der Waals surface area contributed by atoms with Crippen molar-refractivity contribution in [3.63, 3.8) is 0 Å². The van der Waals surface area contributed by atoms with Crippen LogP contribution in [0.5, 0.6) is 5.75 Å². The van der Waals surface area contributed by atoms with Crippen LogP contribution < -0.4 is 16.2 Å².